The summed E-state index contributed by atoms with van der Waals surface area (Å²) < 4.78 is 5.86. The van der Waals surface area contributed by atoms with Crippen LogP contribution in [0.2, 0.25) is 10.0 Å². The third kappa shape index (κ3) is 6.82. The lowest BCUT2D eigenvalue weighted by molar-refractivity contribution is -0.119. The zero-order valence-corrected chi connectivity index (χ0v) is 17.0. The molecule has 0 spiro atoms. The summed E-state index contributed by atoms with van der Waals surface area (Å²) in [6.07, 6.45) is 1.55. The van der Waals surface area contributed by atoms with E-state index < -0.39 is 0 Å². The average Bonchev–Trinajstić information content (AvgIpc) is 2.73. The van der Waals surface area contributed by atoms with Crippen LogP contribution >= 0.6 is 23.2 Å². The Kier molecular flexibility index (Phi) is 7.50. The first-order valence-electron chi connectivity index (χ1n) is 8.88. The molecule has 3 rings (SSSR count). The molecule has 0 atom stereocenters. The molecule has 0 unspecified atom stereocenters. The fourth-order valence-corrected chi connectivity index (χ4v) is 2.81. The van der Waals surface area contributed by atoms with Crippen molar-refractivity contribution in [3.8, 4) is 5.75 Å². The zero-order valence-electron chi connectivity index (χ0n) is 15.4. The molecule has 2 N–H and O–H groups in total. The summed E-state index contributed by atoms with van der Waals surface area (Å²) in [5, 5.41) is 8.31. The molecule has 3 aromatic carbocycles. The number of hydrazone groups is 1. The Bertz CT molecular complexity index is 991. The van der Waals surface area contributed by atoms with Crippen LogP contribution in [0.25, 0.3) is 0 Å². The summed E-state index contributed by atoms with van der Waals surface area (Å²) in [5.41, 5.74) is 5.00. The van der Waals surface area contributed by atoms with E-state index in [-0.39, 0.29) is 12.5 Å². The molecule has 0 aliphatic carbocycles. The second-order valence-corrected chi connectivity index (χ2v) is 6.98. The van der Waals surface area contributed by atoms with Gasteiger partial charge in [0.15, 0.2) is 0 Å². The van der Waals surface area contributed by atoms with E-state index in [4.69, 9.17) is 27.9 Å². The van der Waals surface area contributed by atoms with Gasteiger partial charge in [-0.25, -0.2) is 5.43 Å². The third-order valence-electron chi connectivity index (χ3n) is 3.89. The fourth-order valence-electron chi connectivity index (χ4n) is 2.47. The smallest absolute Gasteiger partial charge is 0.259 e. The number of hydrogen-bond donors (Lipinski definition) is 2. The number of carbonyl (C=O) groups is 1. The van der Waals surface area contributed by atoms with Gasteiger partial charge in [0.1, 0.15) is 12.4 Å². The molecule has 148 valence electrons. The van der Waals surface area contributed by atoms with Crippen LogP contribution in [0.3, 0.4) is 0 Å². The lowest BCUT2D eigenvalue weighted by Gasteiger charge is -2.09. The van der Waals surface area contributed by atoms with Gasteiger partial charge in [-0.15, -0.1) is 0 Å². The molecule has 29 heavy (non-hydrogen) atoms. The summed E-state index contributed by atoms with van der Waals surface area (Å²) in [6, 6.07) is 22.0. The molecule has 0 saturated carbocycles. The first-order valence-corrected chi connectivity index (χ1v) is 9.63. The minimum Gasteiger partial charge on any atom is -0.488 e. The van der Waals surface area contributed by atoms with Gasteiger partial charge in [0.05, 0.1) is 12.8 Å². The number of para-hydroxylation sites is 1. The molecule has 0 bridgehead atoms. The molecular formula is C22H19Cl2N3O2. The van der Waals surface area contributed by atoms with Gasteiger partial charge in [-0.2, -0.15) is 5.10 Å². The Labute approximate surface area is 179 Å². The number of amides is 1. The van der Waals surface area contributed by atoms with E-state index in [9.17, 15) is 4.79 Å². The van der Waals surface area contributed by atoms with Gasteiger partial charge in [-0.05, 0) is 54.1 Å². The molecular weight excluding hydrogens is 409 g/mol. The number of anilines is 1. The van der Waals surface area contributed by atoms with Crippen LogP contribution in [-0.4, -0.2) is 18.7 Å². The van der Waals surface area contributed by atoms with Crippen molar-refractivity contribution >= 4 is 41.0 Å². The van der Waals surface area contributed by atoms with Gasteiger partial charge < -0.3 is 10.1 Å². The van der Waals surface area contributed by atoms with E-state index in [0.717, 1.165) is 16.8 Å². The first kappa shape index (κ1) is 20.7. The maximum atomic E-state index is 11.9. The first-order chi connectivity index (χ1) is 14.1. The van der Waals surface area contributed by atoms with Crippen LogP contribution in [0.5, 0.6) is 5.75 Å². The van der Waals surface area contributed by atoms with Gasteiger partial charge in [-0.3, -0.25) is 4.79 Å². The van der Waals surface area contributed by atoms with Crippen molar-refractivity contribution in [3.63, 3.8) is 0 Å². The minimum atomic E-state index is -0.270. The molecule has 0 heterocycles. The topological polar surface area (TPSA) is 62.7 Å². The van der Waals surface area contributed by atoms with E-state index in [1.807, 2.05) is 48.5 Å². The second-order valence-electron chi connectivity index (χ2n) is 6.11. The number of ether oxygens (including phenoxy) is 1. The lowest BCUT2D eigenvalue weighted by Crippen LogP contribution is -2.25. The van der Waals surface area contributed by atoms with Crippen molar-refractivity contribution < 1.29 is 9.53 Å². The molecule has 5 nitrogen and oxygen atoms in total. The van der Waals surface area contributed by atoms with E-state index in [2.05, 4.69) is 15.8 Å². The van der Waals surface area contributed by atoms with Crippen LogP contribution in [0.4, 0.5) is 5.69 Å². The highest BCUT2D eigenvalue weighted by Crippen LogP contribution is 2.19. The highest BCUT2D eigenvalue weighted by atomic mass is 35.5. The normalized spacial score (nSPS) is 10.7. The summed E-state index contributed by atoms with van der Waals surface area (Å²) in [7, 11) is 0. The van der Waals surface area contributed by atoms with Gasteiger partial charge in [-0.1, -0.05) is 47.5 Å². The quantitative estimate of drug-likeness (QED) is 0.386. The highest BCUT2D eigenvalue weighted by molar-refractivity contribution is 6.30. The maximum Gasteiger partial charge on any atom is 0.259 e. The molecule has 0 aromatic heterocycles. The maximum absolute atomic E-state index is 11.9. The molecule has 7 heteroatoms. The molecule has 1 amide bonds. The average molecular weight is 428 g/mol. The zero-order chi connectivity index (χ0) is 20.5. The van der Waals surface area contributed by atoms with E-state index in [1.165, 1.54) is 0 Å². The van der Waals surface area contributed by atoms with Gasteiger partial charge in [0.2, 0.25) is 0 Å². The number of nitrogens with one attached hydrogen (secondary N) is 2. The monoisotopic (exact) mass is 427 g/mol. The fraction of sp³-hybridized carbons (Fsp3) is 0.0909. The van der Waals surface area contributed by atoms with Crippen LogP contribution in [0, 0.1) is 0 Å². The molecule has 0 fully saturated rings. The van der Waals surface area contributed by atoms with Crippen molar-refractivity contribution in [2.45, 2.75) is 6.61 Å². The molecule has 0 saturated heterocycles. The highest BCUT2D eigenvalue weighted by Gasteiger charge is 2.03. The van der Waals surface area contributed by atoms with Crippen molar-refractivity contribution in [3.05, 3.63) is 94.0 Å². The largest absolute Gasteiger partial charge is 0.488 e. The van der Waals surface area contributed by atoms with Gasteiger partial charge >= 0.3 is 0 Å². The lowest BCUT2D eigenvalue weighted by atomic mass is 10.2. The number of carbonyl (C=O) groups excluding carboxylic acids is 1. The molecule has 0 aliphatic heterocycles. The predicted molar refractivity (Wildman–Crippen MR) is 118 cm³/mol. The third-order valence-corrected chi connectivity index (χ3v) is 4.38. The Hall–Kier alpha value is -3.02. The number of nitrogens with zero attached hydrogens (tertiary/aromatic N) is 1. The van der Waals surface area contributed by atoms with Crippen molar-refractivity contribution in [2.75, 3.05) is 11.9 Å². The van der Waals surface area contributed by atoms with Crippen molar-refractivity contribution in [1.29, 1.82) is 0 Å². The number of halogens is 2. The van der Waals surface area contributed by atoms with E-state index >= 15 is 0 Å². The van der Waals surface area contributed by atoms with Crippen LogP contribution in [-0.2, 0) is 11.4 Å². The Morgan fingerprint density at radius 3 is 2.55 bits per heavy atom. The van der Waals surface area contributed by atoms with E-state index in [1.54, 1.807) is 30.5 Å². The van der Waals surface area contributed by atoms with Crippen LogP contribution in [0.15, 0.2) is 77.9 Å². The Morgan fingerprint density at radius 1 is 0.966 bits per heavy atom. The minimum absolute atomic E-state index is 0.0892. The van der Waals surface area contributed by atoms with Crippen molar-refractivity contribution in [2.24, 2.45) is 5.10 Å². The number of rotatable bonds is 8. The summed E-state index contributed by atoms with van der Waals surface area (Å²) in [4.78, 5) is 11.9. The van der Waals surface area contributed by atoms with Crippen LogP contribution in [0.1, 0.15) is 11.1 Å². The van der Waals surface area contributed by atoms with Crippen molar-refractivity contribution in [1.82, 2.24) is 5.43 Å². The molecule has 0 radical (unpaired) electrons. The summed E-state index contributed by atoms with van der Waals surface area (Å²) >= 11 is 11.8. The standard InChI is InChI=1S/C22H19Cl2N3O2/c23-18-8-10-20(11-9-18)25-14-22(28)27-26-13-17-5-1-2-7-21(17)29-15-16-4-3-6-19(24)12-16/h1-13,25H,14-15H2,(H,27,28)/b26-13-. The SMILES string of the molecule is O=C(CNc1ccc(Cl)cc1)N/N=C\c1ccccc1OCc1cccc(Cl)c1. The Balaban J connectivity index is 1.52. The molecule has 3 aromatic rings. The second kappa shape index (κ2) is 10.5. The summed E-state index contributed by atoms with van der Waals surface area (Å²) in [5.74, 6) is 0.387. The summed E-state index contributed by atoms with van der Waals surface area (Å²) in [6.45, 7) is 0.467. The van der Waals surface area contributed by atoms with Gasteiger partial charge in [0, 0.05) is 21.3 Å². The Morgan fingerprint density at radius 2 is 1.76 bits per heavy atom. The van der Waals surface area contributed by atoms with E-state index in [0.29, 0.717) is 22.4 Å². The predicted octanol–water partition coefficient (Wildman–Crippen LogP) is 5.13. The molecule has 0 aliphatic rings. The van der Waals surface area contributed by atoms with Gasteiger partial charge in [0.25, 0.3) is 5.91 Å². The number of benzene rings is 3. The number of hydrogen-bond acceptors (Lipinski definition) is 4. The van der Waals surface area contributed by atoms with Crippen LogP contribution < -0.4 is 15.5 Å².